The number of benzene rings is 1. The molecule has 0 bridgehead atoms. The van der Waals surface area contributed by atoms with Crippen molar-refractivity contribution in [3.05, 3.63) is 41.8 Å². The average Bonchev–Trinajstić information content (AvgIpc) is 2.91. The molecule has 112 valence electrons. The summed E-state index contributed by atoms with van der Waals surface area (Å²) >= 11 is 1.50. The first-order valence-corrected chi connectivity index (χ1v) is 7.62. The van der Waals surface area contributed by atoms with Crippen molar-refractivity contribution in [2.24, 2.45) is 0 Å². The largest absolute Gasteiger partial charge is 0.495 e. The first kappa shape index (κ1) is 15.4. The minimum absolute atomic E-state index is 0.0688. The van der Waals surface area contributed by atoms with E-state index in [1.807, 2.05) is 44.2 Å². The minimum atomic E-state index is -0.208. The molecule has 0 spiro atoms. The van der Waals surface area contributed by atoms with Crippen LogP contribution < -0.4 is 10.1 Å². The number of rotatable bonds is 6. The zero-order chi connectivity index (χ0) is 15.2. The molecule has 2 aromatic rings. The molecule has 1 aromatic heterocycles. The number of thioether (sulfide) groups is 1. The summed E-state index contributed by atoms with van der Waals surface area (Å²) in [5.41, 5.74) is 1.52. The number of nitrogens with zero attached hydrogens (tertiary/aromatic N) is 1. The summed E-state index contributed by atoms with van der Waals surface area (Å²) in [5.74, 6) is 1.96. The standard InChI is InChI=1S/C15H18N2O3S/c1-10-8-12(20-17-10)9-21-11(2)15(18)16-13-6-4-5-7-14(13)19-3/h4-8,11H,9H2,1-3H3,(H,16,18). The van der Waals surface area contributed by atoms with Crippen LogP contribution in [0.5, 0.6) is 5.75 Å². The van der Waals surface area contributed by atoms with Gasteiger partial charge in [0, 0.05) is 6.07 Å². The van der Waals surface area contributed by atoms with Gasteiger partial charge in [-0.15, -0.1) is 11.8 Å². The van der Waals surface area contributed by atoms with Gasteiger partial charge in [-0.25, -0.2) is 0 Å². The van der Waals surface area contributed by atoms with Crippen LogP contribution in [-0.2, 0) is 10.5 Å². The third-order valence-electron chi connectivity index (χ3n) is 2.89. The average molecular weight is 306 g/mol. The van der Waals surface area contributed by atoms with Crippen molar-refractivity contribution in [1.82, 2.24) is 5.16 Å². The topological polar surface area (TPSA) is 64.4 Å². The van der Waals surface area contributed by atoms with Gasteiger partial charge in [0.1, 0.15) is 11.5 Å². The van der Waals surface area contributed by atoms with Crippen LogP contribution in [0.25, 0.3) is 0 Å². The monoisotopic (exact) mass is 306 g/mol. The Bertz CT molecular complexity index is 612. The van der Waals surface area contributed by atoms with E-state index in [2.05, 4.69) is 10.5 Å². The molecule has 0 saturated heterocycles. The van der Waals surface area contributed by atoms with Crippen LogP contribution in [0.15, 0.2) is 34.9 Å². The van der Waals surface area contributed by atoms with Crippen LogP contribution >= 0.6 is 11.8 Å². The zero-order valence-corrected chi connectivity index (χ0v) is 13.1. The fraction of sp³-hybridized carbons (Fsp3) is 0.333. The first-order valence-electron chi connectivity index (χ1n) is 6.58. The lowest BCUT2D eigenvalue weighted by atomic mass is 10.3. The van der Waals surface area contributed by atoms with Gasteiger partial charge >= 0.3 is 0 Å². The molecule has 6 heteroatoms. The van der Waals surface area contributed by atoms with E-state index in [1.54, 1.807) is 7.11 Å². The smallest absolute Gasteiger partial charge is 0.237 e. The molecule has 1 amide bonds. The van der Waals surface area contributed by atoms with Crippen molar-refractivity contribution in [2.75, 3.05) is 12.4 Å². The molecule has 1 unspecified atom stereocenters. The Morgan fingerprint density at radius 1 is 1.48 bits per heavy atom. The highest BCUT2D eigenvalue weighted by molar-refractivity contribution is 7.99. The molecular weight excluding hydrogens is 288 g/mol. The van der Waals surface area contributed by atoms with Crippen molar-refractivity contribution >= 4 is 23.4 Å². The predicted molar refractivity (Wildman–Crippen MR) is 83.6 cm³/mol. The number of methoxy groups -OCH3 is 1. The molecule has 0 saturated carbocycles. The van der Waals surface area contributed by atoms with Crippen molar-refractivity contribution in [2.45, 2.75) is 24.9 Å². The lowest BCUT2D eigenvalue weighted by Crippen LogP contribution is -2.22. The Balaban J connectivity index is 1.90. The molecule has 2 rings (SSSR count). The maximum atomic E-state index is 12.2. The maximum Gasteiger partial charge on any atom is 0.237 e. The van der Waals surface area contributed by atoms with Crippen molar-refractivity contribution in [3.63, 3.8) is 0 Å². The quantitative estimate of drug-likeness (QED) is 0.887. The number of para-hydroxylation sites is 2. The number of anilines is 1. The summed E-state index contributed by atoms with van der Waals surface area (Å²) in [6.45, 7) is 3.73. The van der Waals surface area contributed by atoms with Crippen LogP contribution in [0.4, 0.5) is 5.69 Å². The number of carbonyl (C=O) groups excluding carboxylic acids is 1. The highest BCUT2D eigenvalue weighted by Crippen LogP contribution is 2.25. The predicted octanol–water partition coefficient (Wildman–Crippen LogP) is 3.25. The van der Waals surface area contributed by atoms with Gasteiger partial charge in [0.15, 0.2) is 0 Å². The Morgan fingerprint density at radius 2 is 2.24 bits per heavy atom. The van der Waals surface area contributed by atoms with Gasteiger partial charge in [-0.05, 0) is 26.0 Å². The van der Waals surface area contributed by atoms with Crippen LogP contribution in [0.3, 0.4) is 0 Å². The molecule has 1 N–H and O–H groups in total. The summed E-state index contributed by atoms with van der Waals surface area (Å²) in [6, 6.07) is 9.21. The number of aromatic nitrogens is 1. The Labute approximate surface area is 128 Å². The van der Waals surface area contributed by atoms with E-state index < -0.39 is 0 Å². The number of hydrogen-bond donors (Lipinski definition) is 1. The number of carbonyl (C=O) groups is 1. The van der Waals surface area contributed by atoms with E-state index in [0.29, 0.717) is 17.2 Å². The third-order valence-corrected chi connectivity index (χ3v) is 4.05. The number of nitrogens with one attached hydrogen (secondary N) is 1. The SMILES string of the molecule is COc1ccccc1NC(=O)C(C)SCc1cc(C)no1. The molecule has 0 aliphatic heterocycles. The number of amides is 1. The van der Waals surface area contributed by atoms with E-state index >= 15 is 0 Å². The number of hydrogen-bond acceptors (Lipinski definition) is 5. The molecule has 5 nitrogen and oxygen atoms in total. The van der Waals surface area contributed by atoms with Gasteiger partial charge in [-0.1, -0.05) is 17.3 Å². The van der Waals surface area contributed by atoms with Gasteiger partial charge in [-0.3, -0.25) is 4.79 Å². The summed E-state index contributed by atoms with van der Waals surface area (Å²) in [4.78, 5) is 12.2. The van der Waals surface area contributed by atoms with Crippen molar-refractivity contribution in [1.29, 1.82) is 0 Å². The summed E-state index contributed by atoms with van der Waals surface area (Å²) < 4.78 is 10.3. The van der Waals surface area contributed by atoms with E-state index in [4.69, 9.17) is 9.26 Å². The Kier molecular flexibility index (Phi) is 5.27. The summed E-state index contributed by atoms with van der Waals surface area (Å²) in [6.07, 6.45) is 0. The molecule has 0 aliphatic carbocycles. The third kappa shape index (κ3) is 4.26. The molecule has 1 heterocycles. The van der Waals surface area contributed by atoms with Crippen LogP contribution in [-0.4, -0.2) is 23.4 Å². The van der Waals surface area contributed by atoms with Gasteiger partial charge in [0.25, 0.3) is 0 Å². The lowest BCUT2D eigenvalue weighted by Gasteiger charge is -2.13. The van der Waals surface area contributed by atoms with E-state index in [0.717, 1.165) is 11.5 Å². The molecule has 0 fully saturated rings. The fourth-order valence-electron chi connectivity index (χ4n) is 1.75. The summed E-state index contributed by atoms with van der Waals surface area (Å²) in [7, 11) is 1.58. The van der Waals surface area contributed by atoms with Crippen molar-refractivity contribution < 1.29 is 14.1 Å². The lowest BCUT2D eigenvalue weighted by molar-refractivity contribution is -0.115. The van der Waals surface area contributed by atoms with Crippen LogP contribution in [0.2, 0.25) is 0 Å². The van der Waals surface area contributed by atoms with Crippen LogP contribution in [0, 0.1) is 6.92 Å². The molecule has 1 aromatic carbocycles. The number of ether oxygens (including phenoxy) is 1. The van der Waals surface area contributed by atoms with Gasteiger partial charge in [0.05, 0.1) is 29.5 Å². The highest BCUT2D eigenvalue weighted by Gasteiger charge is 2.16. The number of aryl methyl sites for hydroxylation is 1. The first-order chi connectivity index (χ1) is 10.1. The van der Waals surface area contributed by atoms with E-state index in [-0.39, 0.29) is 11.2 Å². The molecule has 1 atom stereocenters. The fourth-order valence-corrected chi connectivity index (χ4v) is 2.51. The van der Waals surface area contributed by atoms with Gasteiger partial charge in [0.2, 0.25) is 5.91 Å². The molecule has 21 heavy (non-hydrogen) atoms. The molecular formula is C15H18N2O3S. The van der Waals surface area contributed by atoms with Crippen molar-refractivity contribution in [3.8, 4) is 5.75 Å². The molecule has 0 radical (unpaired) electrons. The summed E-state index contributed by atoms with van der Waals surface area (Å²) in [5, 5.41) is 6.49. The Hall–Kier alpha value is -1.95. The van der Waals surface area contributed by atoms with Gasteiger partial charge in [-0.2, -0.15) is 0 Å². The minimum Gasteiger partial charge on any atom is -0.495 e. The Morgan fingerprint density at radius 3 is 2.90 bits per heavy atom. The second-order valence-electron chi connectivity index (χ2n) is 4.58. The molecule has 0 aliphatic rings. The normalized spacial score (nSPS) is 12.0. The zero-order valence-electron chi connectivity index (χ0n) is 12.3. The van der Waals surface area contributed by atoms with E-state index in [1.165, 1.54) is 11.8 Å². The highest BCUT2D eigenvalue weighted by atomic mass is 32.2. The second-order valence-corrected chi connectivity index (χ2v) is 5.91. The second kappa shape index (κ2) is 7.17. The van der Waals surface area contributed by atoms with Gasteiger partial charge < -0.3 is 14.6 Å². The van der Waals surface area contributed by atoms with E-state index in [9.17, 15) is 4.79 Å². The van der Waals surface area contributed by atoms with Crippen LogP contribution in [0.1, 0.15) is 18.4 Å². The maximum absolute atomic E-state index is 12.2.